The molecule has 176 valence electrons. The zero-order valence-electron chi connectivity index (χ0n) is 18.9. The standard InChI is InChI=1S/C22H37N5O3.HI/c1-4-23-22(25-10-9-24-21(29)18-5-7-20(28)8-6-18)26-16-19(15-17(2)3)27-11-13-30-14-12-27;/h5-8,17,19,28H,4,9-16H2,1-3H3,(H,24,29)(H2,23,25,26);1H. The number of carbonyl (C=O) groups is 1. The van der Waals surface area contributed by atoms with Gasteiger partial charge in [-0.05, 0) is 43.5 Å². The van der Waals surface area contributed by atoms with Gasteiger partial charge in [0, 0.05) is 44.3 Å². The predicted molar refractivity (Wildman–Crippen MR) is 135 cm³/mol. The van der Waals surface area contributed by atoms with E-state index in [1.54, 1.807) is 12.1 Å². The van der Waals surface area contributed by atoms with Crippen molar-refractivity contribution in [1.29, 1.82) is 0 Å². The zero-order chi connectivity index (χ0) is 21.8. The van der Waals surface area contributed by atoms with Crippen molar-refractivity contribution in [3.63, 3.8) is 0 Å². The third kappa shape index (κ3) is 10.5. The molecule has 1 saturated heterocycles. The fourth-order valence-corrected chi connectivity index (χ4v) is 3.44. The molecule has 1 amide bonds. The number of phenols is 1. The quantitative estimate of drug-likeness (QED) is 0.155. The smallest absolute Gasteiger partial charge is 0.251 e. The van der Waals surface area contributed by atoms with Crippen LogP contribution in [0.2, 0.25) is 0 Å². The van der Waals surface area contributed by atoms with E-state index in [1.165, 1.54) is 12.1 Å². The minimum absolute atomic E-state index is 0. The molecule has 4 N–H and O–H groups in total. The molecular weight excluding hydrogens is 509 g/mol. The number of hydrogen-bond donors (Lipinski definition) is 4. The van der Waals surface area contributed by atoms with Gasteiger partial charge in [-0.2, -0.15) is 0 Å². The number of hydrogen-bond acceptors (Lipinski definition) is 5. The summed E-state index contributed by atoms with van der Waals surface area (Å²) in [6, 6.07) is 6.61. The van der Waals surface area contributed by atoms with Crippen molar-refractivity contribution < 1.29 is 14.6 Å². The Morgan fingerprint density at radius 3 is 2.39 bits per heavy atom. The van der Waals surface area contributed by atoms with Crippen LogP contribution < -0.4 is 16.0 Å². The van der Waals surface area contributed by atoms with Crippen molar-refractivity contribution in [1.82, 2.24) is 20.9 Å². The molecule has 0 saturated carbocycles. The molecule has 1 aliphatic heterocycles. The van der Waals surface area contributed by atoms with E-state index in [-0.39, 0.29) is 35.6 Å². The maximum Gasteiger partial charge on any atom is 0.251 e. The molecule has 0 aromatic heterocycles. The fourth-order valence-electron chi connectivity index (χ4n) is 3.44. The van der Waals surface area contributed by atoms with Gasteiger partial charge in [0.05, 0.1) is 19.8 Å². The van der Waals surface area contributed by atoms with E-state index < -0.39 is 0 Å². The van der Waals surface area contributed by atoms with Crippen LogP contribution in [0.1, 0.15) is 37.6 Å². The van der Waals surface area contributed by atoms with Gasteiger partial charge in [-0.25, -0.2) is 0 Å². The number of aromatic hydroxyl groups is 1. The van der Waals surface area contributed by atoms with Crippen molar-refractivity contribution >= 4 is 35.8 Å². The molecule has 1 unspecified atom stereocenters. The van der Waals surface area contributed by atoms with Crippen molar-refractivity contribution in [2.45, 2.75) is 33.2 Å². The Kier molecular flexibility index (Phi) is 13.5. The monoisotopic (exact) mass is 547 g/mol. The van der Waals surface area contributed by atoms with Gasteiger partial charge in [0.15, 0.2) is 5.96 Å². The van der Waals surface area contributed by atoms with Crippen LogP contribution in [-0.4, -0.2) is 80.4 Å². The first-order chi connectivity index (χ1) is 14.5. The van der Waals surface area contributed by atoms with Crippen molar-refractivity contribution in [3.8, 4) is 5.75 Å². The summed E-state index contributed by atoms with van der Waals surface area (Å²) in [5.41, 5.74) is 0.524. The average molecular weight is 547 g/mol. The number of carbonyl (C=O) groups excluding carboxylic acids is 1. The summed E-state index contributed by atoms with van der Waals surface area (Å²) < 4.78 is 5.49. The molecule has 1 aliphatic rings. The lowest BCUT2D eigenvalue weighted by Gasteiger charge is -2.34. The molecular formula is C22H38IN5O3. The van der Waals surface area contributed by atoms with E-state index in [0.717, 1.165) is 51.8 Å². The van der Waals surface area contributed by atoms with Gasteiger partial charge in [0.2, 0.25) is 0 Å². The second kappa shape index (κ2) is 15.3. The average Bonchev–Trinajstić information content (AvgIpc) is 2.74. The Morgan fingerprint density at radius 2 is 1.77 bits per heavy atom. The highest BCUT2D eigenvalue weighted by atomic mass is 127. The van der Waals surface area contributed by atoms with Gasteiger partial charge in [0.25, 0.3) is 5.91 Å². The molecule has 9 heteroatoms. The van der Waals surface area contributed by atoms with Crippen LogP contribution in [0.15, 0.2) is 29.3 Å². The molecule has 0 radical (unpaired) electrons. The summed E-state index contributed by atoms with van der Waals surface area (Å²) in [5.74, 6) is 1.35. The summed E-state index contributed by atoms with van der Waals surface area (Å²) in [7, 11) is 0. The lowest BCUT2D eigenvalue weighted by atomic mass is 10.0. The number of morpholine rings is 1. The summed E-state index contributed by atoms with van der Waals surface area (Å²) >= 11 is 0. The number of aliphatic imine (C=N–C) groups is 1. The van der Waals surface area contributed by atoms with Crippen LogP contribution in [-0.2, 0) is 4.74 Å². The van der Waals surface area contributed by atoms with Crippen LogP contribution in [0.25, 0.3) is 0 Å². The Hall–Kier alpha value is -1.59. The minimum atomic E-state index is -0.164. The Morgan fingerprint density at radius 1 is 1.13 bits per heavy atom. The molecule has 2 rings (SSSR count). The van der Waals surface area contributed by atoms with E-state index in [2.05, 4.69) is 34.7 Å². The molecule has 8 nitrogen and oxygen atoms in total. The normalized spacial score (nSPS) is 15.8. The highest BCUT2D eigenvalue weighted by Gasteiger charge is 2.21. The predicted octanol–water partition coefficient (Wildman–Crippen LogP) is 2.04. The molecule has 0 aliphatic carbocycles. The van der Waals surface area contributed by atoms with Crippen LogP contribution in [0, 0.1) is 5.92 Å². The number of benzene rings is 1. The molecule has 31 heavy (non-hydrogen) atoms. The first-order valence-corrected chi connectivity index (χ1v) is 10.9. The number of guanidine groups is 1. The van der Waals surface area contributed by atoms with Crippen LogP contribution in [0.4, 0.5) is 0 Å². The van der Waals surface area contributed by atoms with Gasteiger partial charge < -0.3 is 25.8 Å². The third-order valence-electron chi connectivity index (χ3n) is 4.94. The van der Waals surface area contributed by atoms with Crippen molar-refractivity contribution in [2.24, 2.45) is 10.9 Å². The highest BCUT2D eigenvalue weighted by Crippen LogP contribution is 2.14. The van der Waals surface area contributed by atoms with Crippen LogP contribution in [0.3, 0.4) is 0 Å². The van der Waals surface area contributed by atoms with Crippen molar-refractivity contribution in [2.75, 3.05) is 52.5 Å². The molecule has 0 bridgehead atoms. The van der Waals surface area contributed by atoms with Gasteiger partial charge in [-0.1, -0.05) is 13.8 Å². The molecule has 1 aromatic carbocycles. The maximum absolute atomic E-state index is 12.1. The SMILES string of the molecule is CCNC(=NCC(CC(C)C)N1CCOCC1)NCCNC(=O)c1ccc(O)cc1.I. The second-order valence-corrected chi connectivity index (χ2v) is 7.88. The molecule has 0 spiro atoms. The van der Waals surface area contributed by atoms with Crippen LogP contribution in [0.5, 0.6) is 5.75 Å². The number of nitrogens with one attached hydrogen (secondary N) is 3. The Labute approximate surface area is 203 Å². The number of halogens is 1. The largest absolute Gasteiger partial charge is 0.508 e. The van der Waals surface area contributed by atoms with E-state index >= 15 is 0 Å². The van der Waals surface area contributed by atoms with E-state index in [4.69, 9.17) is 9.73 Å². The highest BCUT2D eigenvalue weighted by molar-refractivity contribution is 14.0. The number of rotatable bonds is 10. The lowest BCUT2D eigenvalue weighted by molar-refractivity contribution is 0.0143. The Balaban J connectivity index is 0.00000480. The molecule has 1 atom stereocenters. The summed E-state index contributed by atoms with van der Waals surface area (Å²) in [6.07, 6.45) is 1.10. The molecule has 1 fully saturated rings. The van der Waals surface area contributed by atoms with E-state index in [0.29, 0.717) is 30.6 Å². The zero-order valence-corrected chi connectivity index (χ0v) is 21.2. The number of ether oxygens (including phenoxy) is 1. The third-order valence-corrected chi connectivity index (χ3v) is 4.94. The van der Waals surface area contributed by atoms with E-state index in [9.17, 15) is 9.90 Å². The minimum Gasteiger partial charge on any atom is -0.508 e. The van der Waals surface area contributed by atoms with E-state index in [1.807, 2.05) is 6.92 Å². The summed E-state index contributed by atoms with van der Waals surface area (Å²) in [4.78, 5) is 19.4. The van der Waals surface area contributed by atoms with Gasteiger partial charge in [0.1, 0.15) is 5.75 Å². The maximum atomic E-state index is 12.1. The molecule has 1 heterocycles. The topological polar surface area (TPSA) is 98.2 Å². The number of phenolic OH excluding ortho intramolecular Hbond substituents is 1. The summed E-state index contributed by atoms with van der Waals surface area (Å²) in [6.45, 7) is 12.6. The first-order valence-electron chi connectivity index (χ1n) is 10.9. The van der Waals surface area contributed by atoms with Crippen LogP contribution >= 0.6 is 24.0 Å². The number of amides is 1. The van der Waals surface area contributed by atoms with Gasteiger partial charge >= 0.3 is 0 Å². The first kappa shape index (κ1) is 27.4. The van der Waals surface area contributed by atoms with Gasteiger partial charge in [-0.3, -0.25) is 14.7 Å². The van der Waals surface area contributed by atoms with Crippen molar-refractivity contribution in [3.05, 3.63) is 29.8 Å². The second-order valence-electron chi connectivity index (χ2n) is 7.88. The fraction of sp³-hybridized carbons (Fsp3) is 0.636. The van der Waals surface area contributed by atoms with Gasteiger partial charge in [-0.15, -0.1) is 24.0 Å². The summed E-state index contributed by atoms with van der Waals surface area (Å²) in [5, 5.41) is 18.7. The Bertz CT molecular complexity index is 664. The number of nitrogens with zero attached hydrogens (tertiary/aromatic N) is 2. The molecule has 1 aromatic rings. The lowest BCUT2D eigenvalue weighted by Crippen LogP contribution is -2.47.